The minimum absolute atomic E-state index is 0.143. The number of benzene rings is 1. The lowest BCUT2D eigenvalue weighted by Crippen LogP contribution is -2.32. The minimum atomic E-state index is 0.143. The number of pyridine rings is 1. The van der Waals surface area contributed by atoms with Crippen molar-refractivity contribution < 1.29 is 4.79 Å². The van der Waals surface area contributed by atoms with Crippen molar-refractivity contribution >= 4 is 11.6 Å². The van der Waals surface area contributed by atoms with Crippen molar-refractivity contribution in [3.05, 3.63) is 71.7 Å². The number of carbonyl (C=O) groups excluding carboxylic acids is 1. The molecule has 2 heterocycles. The van der Waals surface area contributed by atoms with Gasteiger partial charge in [0.15, 0.2) is 0 Å². The molecular weight excluding hydrogens is 286 g/mol. The van der Waals surface area contributed by atoms with Crippen LogP contribution in [-0.2, 0) is 17.8 Å². The van der Waals surface area contributed by atoms with Crippen LogP contribution in [0.15, 0.2) is 54.9 Å². The lowest BCUT2D eigenvalue weighted by Gasteiger charge is -2.21. The number of imidazole rings is 1. The molecule has 0 atom stereocenters. The van der Waals surface area contributed by atoms with E-state index in [9.17, 15) is 4.79 Å². The van der Waals surface area contributed by atoms with E-state index in [2.05, 4.69) is 11.1 Å². The molecule has 1 amide bonds. The molecule has 0 unspecified atom stereocenters. The Bertz CT molecular complexity index is 822. The maximum absolute atomic E-state index is 12.6. The molecule has 23 heavy (non-hydrogen) atoms. The second-order valence-electron chi connectivity index (χ2n) is 5.75. The summed E-state index contributed by atoms with van der Waals surface area (Å²) in [5, 5.41) is 0. The fraction of sp³-hybridized carbons (Fsp3) is 0.263. The molecule has 0 spiro atoms. The maximum Gasteiger partial charge on any atom is 0.227 e. The second kappa shape index (κ2) is 6.65. The average molecular weight is 307 g/mol. The summed E-state index contributed by atoms with van der Waals surface area (Å²) >= 11 is 0. The molecule has 0 radical (unpaired) electrons. The molecule has 0 aliphatic rings. The SMILES string of the molecule is CCN(Cc1cnc2ccccn12)C(=O)Cc1cccc(C)c1. The Morgan fingerprint density at radius 2 is 2.09 bits per heavy atom. The zero-order chi connectivity index (χ0) is 16.2. The van der Waals surface area contributed by atoms with Crippen LogP contribution in [0.25, 0.3) is 5.65 Å². The molecular formula is C19H21N3O. The van der Waals surface area contributed by atoms with Gasteiger partial charge in [-0.3, -0.25) is 4.79 Å². The molecule has 3 rings (SSSR count). The number of hydrogen-bond acceptors (Lipinski definition) is 2. The average Bonchev–Trinajstić information content (AvgIpc) is 2.95. The first-order valence-corrected chi connectivity index (χ1v) is 7.91. The summed E-state index contributed by atoms with van der Waals surface area (Å²) in [6.07, 6.45) is 4.26. The Labute approximate surface area is 136 Å². The summed E-state index contributed by atoms with van der Waals surface area (Å²) in [7, 11) is 0. The number of aryl methyl sites for hydroxylation is 1. The molecule has 0 aliphatic heterocycles. The number of nitrogens with zero attached hydrogens (tertiary/aromatic N) is 3. The van der Waals surface area contributed by atoms with E-state index in [1.165, 1.54) is 5.56 Å². The normalized spacial score (nSPS) is 10.9. The van der Waals surface area contributed by atoms with Crippen LogP contribution in [0.2, 0.25) is 0 Å². The predicted octanol–water partition coefficient (Wildman–Crippen LogP) is 3.23. The molecule has 4 nitrogen and oxygen atoms in total. The van der Waals surface area contributed by atoms with Gasteiger partial charge in [-0.05, 0) is 31.5 Å². The molecule has 1 aromatic carbocycles. The third kappa shape index (κ3) is 3.42. The first-order chi connectivity index (χ1) is 11.2. The summed E-state index contributed by atoms with van der Waals surface area (Å²) in [6, 6.07) is 14.0. The number of carbonyl (C=O) groups is 1. The predicted molar refractivity (Wildman–Crippen MR) is 91.2 cm³/mol. The van der Waals surface area contributed by atoms with Crippen LogP contribution in [0.5, 0.6) is 0 Å². The van der Waals surface area contributed by atoms with Crippen molar-refractivity contribution in [1.29, 1.82) is 0 Å². The molecule has 0 aliphatic carbocycles. The minimum Gasteiger partial charge on any atom is -0.337 e. The lowest BCUT2D eigenvalue weighted by molar-refractivity contribution is -0.130. The number of fused-ring (bicyclic) bond motifs is 1. The van der Waals surface area contributed by atoms with E-state index >= 15 is 0 Å². The monoisotopic (exact) mass is 307 g/mol. The van der Waals surface area contributed by atoms with Crippen LogP contribution in [0.3, 0.4) is 0 Å². The molecule has 0 saturated carbocycles. The maximum atomic E-state index is 12.6. The van der Waals surface area contributed by atoms with E-state index in [0.717, 1.165) is 16.9 Å². The van der Waals surface area contributed by atoms with Gasteiger partial charge in [-0.25, -0.2) is 4.98 Å². The van der Waals surface area contributed by atoms with Gasteiger partial charge < -0.3 is 9.30 Å². The van der Waals surface area contributed by atoms with Gasteiger partial charge in [-0.15, -0.1) is 0 Å². The largest absolute Gasteiger partial charge is 0.337 e. The van der Waals surface area contributed by atoms with Crippen molar-refractivity contribution in [2.75, 3.05) is 6.54 Å². The van der Waals surface area contributed by atoms with E-state index in [0.29, 0.717) is 19.5 Å². The third-order valence-corrected chi connectivity index (χ3v) is 4.02. The van der Waals surface area contributed by atoms with Crippen molar-refractivity contribution in [1.82, 2.24) is 14.3 Å². The summed E-state index contributed by atoms with van der Waals surface area (Å²) < 4.78 is 2.03. The van der Waals surface area contributed by atoms with Crippen LogP contribution in [0.4, 0.5) is 0 Å². The van der Waals surface area contributed by atoms with E-state index in [4.69, 9.17) is 0 Å². The number of aromatic nitrogens is 2. The zero-order valence-electron chi connectivity index (χ0n) is 13.6. The van der Waals surface area contributed by atoms with Crippen LogP contribution >= 0.6 is 0 Å². The van der Waals surface area contributed by atoms with Crippen LogP contribution in [0.1, 0.15) is 23.7 Å². The Morgan fingerprint density at radius 1 is 1.22 bits per heavy atom. The summed E-state index contributed by atoms with van der Waals surface area (Å²) in [6.45, 7) is 5.32. The highest BCUT2D eigenvalue weighted by Gasteiger charge is 2.15. The molecule has 4 heteroatoms. The molecule has 118 valence electrons. The van der Waals surface area contributed by atoms with Gasteiger partial charge in [0.05, 0.1) is 24.9 Å². The fourth-order valence-electron chi connectivity index (χ4n) is 2.78. The van der Waals surface area contributed by atoms with Gasteiger partial charge in [-0.1, -0.05) is 35.9 Å². The quantitative estimate of drug-likeness (QED) is 0.726. The summed E-state index contributed by atoms with van der Waals surface area (Å²) in [4.78, 5) is 18.9. The van der Waals surface area contributed by atoms with E-state index in [1.54, 1.807) is 0 Å². The lowest BCUT2D eigenvalue weighted by atomic mass is 10.1. The number of likely N-dealkylation sites (N-methyl/N-ethyl adjacent to an activating group) is 1. The van der Waals surface area contributed by atoms with Gasteiger partial charge in [0.2, 0.25) is 5.91 Å². The molecule has 0 saturated heterocycles. The molecule has 0 N–H and O–H groups in total. The highest BCUT2D eigenvalue weighted by molar-refractivity contribution is 5.78. The third-order valence-electron chi connectivity index (χ3n) is 4.02. The Hall–Kier alpha value is -2.62. The number of rotatable bonds is 5. The van der Waals surface area contributed by atoms with Gasteiger partial charge in [0.1, 0.15) is 5.65 Å². The van der Waals surface area contributed by atoms with Gasteiger partial charge in [-0.2, -0.15) is 0 Å². The van der Waals surface area contributed by atoms with Crippen LogP contribution < -0.4 is 0 Å². The topological polar surface area (TPSA) is 37.6 Å². The summed E-state index contributed by atoms with van der Waals surface area (Å²) in [5.41, 5.74) is 4.18. The van der Waals surface area contributed by atoms with Crippen molar-refractivity contribution in [3.63, 3.8) is 0 Å². The van der Waals surface area contributed by atoms with Gasteiger partial charge in [0, 0.05) is 12.7 Å². The standard InChI is InChI=1S/C19H21N3O/c1-3-21(19(23)12-16-8-6-7-15(2)11-16)14-17-13-20-18-9-4-5-10-22(17)18/h4-11,13H,3,12,14H2,1-2H3. The van der Waals surface area contributed by atoms with E-state index in [1.807, 2.05) is 71.9 Å². The zero-order valence-corrected chi connectivity index (χ0v) is 13.6. The fourth-order valence-corrected chi connectivity index (χ4v) is 2.78. The highest BCUT2D eigenvalue weighted by Crippen LogP contribution is 2.11. The highest BCUT2D eigenvalue weighted by atomic mass is 16.2. The molecule has 3 aromatic rings. The van der Waals surface area contributed by atoms with Crippen LogP contribution in [0, 0.1) is 6.92 Å². The molecule has 0 fully saturated rings. The molecule has 2 aromatic heterocycles. The van der Waals surface area contributed by atoms with E-state index < -0.39 is 0 Å². The number of amides is 1. The Morgan fingerprint density at radius 3 is 2.87 bits per heavy atom. The van der Waals surface area contributed by atoms with E-state index in [-0.39, 0.29) is 5.91 Å². The first kappa shape index (κ1) is 15.3. The number of hydrogen-bond donors (Lipinski definition) is 0. The van der Waals surface area contributed by atoms with Gasteiger partial charge in [0.25, 0.3) is 0 Å². The Kier molecular flexibility index (Phi) is 4.42. The Balaban J connectivity index is 1.75. The van der Waals surface area contributed by atoms with Crippen molar-refractivity contribution in [2.24, 2.45) is 0 Å². The van der Waals surface area contributed by atoms with Crippen molar-refractivity contribution in [3.8, 4) is 0 Å². The van der Waals surface area contributed by atoms with Gasteiger partial charge >= 0.3 is 0 Å². The van der Waals surface area contributed by atoms with Crippen LogP contribution in [-0.4, -0.2) is 26.7 Å². The second-order valence-corrected chi connectivity index (χ2v) is 5.75. The molecule has 0 bridgehead atoms. The first-order valence-electron chi connectivity index (χ1n) is 7.91. The van der Waals surface area contributed by atoms with Crippen molar-refractivity contribution in [2.45, 2.75) is 26.8 Å². The summed E-state index contributed by atoms with van der Waals surface area (Å²) in [5.74, 6) is 0.143. The smallest absolute Gasteiger partial charge is 0.227 e.